The molecule has 0 aliphatic carbocycles. The van der Waals surface area contributed by atoms with Crippen LogP contribution < -0.4 is 63.1 Å². The normalized spacial score (nSPS) is 12.2. The summed E-state index contributed by atoms with van der Waals surface area (Å²) < 4.78 is 7.26. The topological polar surface area (TPSA) is 116 Å². The summed E-state index contributed by atoms with van der Waals surface area (Å²) in [6.45, 7) is 15.0. The van der Waals surface area contributed by atoms with Crippen LogP contribution >= 0.6 is 23.8 Å². The number of nitrogens with two attached hydrogens (primary N) is 1. The van der Waals surface area contributed by atoms with E-state index in [0.29, 0.717) is 0 Å². The number of fused-ring (bicyclic) bond motifs is 2. The summed E-state index contributed by atoms with van der Waals surface area (Å²) in [6.07, 6.45) is 1.06. The number of benzene rings is 8. The number of hydrogen-bond donors (Lipinski definition) is 1. The maximum absolute atomic E-state index is 9.91. The fourth-order valence-corrected chi connectivity index (χ4v) is 14.7. The van der Waals surface area contributed by atoms with E-state index in [-0.39, 0.29) is 32.8 Å². The van der Waals surface area contributed by atoms with E-state index in [1.54, 1.807) is 41.5 Å². The van der Waals surface area contributed by atoms with Crippen molar-refractivity contribution in [2.45, 2.75) is 60.8 Å². The van der Waals surface area contributed by atoms with E-state index in [1.807, 2.05) is 0 Å². The van der Waals surface area contributed by atoms with E-state index in [4.69, 9.17) is 10.5 Å². The SMILES string of the molecule is CC(C)(C)C(=O)[O-].CC(C)(C)C(=O)[O-].CC1(C)c2cccc(P(c3ccccc3)c3ccccc3)c2Oc2c(P(c3ccccc3)c3ccccc3)cccc21.NCCP(c1ccccc1)c1ccccc1.[Ru+2]. The maximum Gasteiger partial charge on any atom is 2.00 e. The van der Waals surface area contributed by atoms with Crippen LogP contribution in [-0.4, -0.2) is 24.6 Å². The molecule has 9 rings (SSSR count). The minimum absolute atomic E-state index is 0. The van der Waals surface area contributed by atoms with Crippen molar-refractivity contribution in [1.29, 1.82) is 0 Å². The molecule has 6 nitrogen and oxygen atoms in total. The Morgan fingerprint density at radius 2 is 0.685 bits per heavy atom. The second kappa shape index (κ2) is 27.1. The quantitative estimate of drug-likeness (QED) is 0.108. The summed E-state index contributed by atoms with van der Waals surface area (Å²) in [6, 6.07) is 78.5. The third-order valence-corrected chi connectivity index (χ3v) is 19.3. The van der Waals surface area contributed by atoms with Gasteiger partial charge in [0.05, 0.1) is 0 Å². The van der Waals surface area contributed by atoms with Crippen LogP contribution in [0.5, 0.6) is 11.5 Å². The van der Waals surface area contributed by atoms with Crippen molar-refractivity contribution in [3.8, 4) is 11.5 Å². The molecule has 376 valence electrons. The van der Waals surface area contributed by atoms with Crippen molar-refractivity contribution < 1.29 is 44.0 Å². The predicted octanol–water partition coefficient (Wildman–Crippen LogP) is 9.27. The van der Waals surface area contributed by atoms with Gasteiger partial charge < -0.3 is 30.3 Å². The van der Waals surface area contributed by atoms with Gasteiger partial charge in [0.2, 0.25) is 0 Å². The number of hydrogen-bond acceptors (Lipinski definition) is 6. The summed E-state index contributed by atoms with van der Waals surface area (Å²) in [4.78, 5) is 19.8. The molecule has 2 N–H and O–H groups in total. The van der Waals surface area contributed by atoms with Crippen LogP contribution in [0.15, 0.2) is 218 Å². The van der Waals surface area contributed by atoms with Gasteiger partial charge in [-0.05, 0) is 68.3 Å². The monoisotopic (exact) mass is 1110 g/mol. The Labute approximate surface area is 450 Å². The van der Waals surface area contributed by atoms with Gasteiger partial charge in [-0.2, -0.15) is 0 Å². The first-order valence-electron chi connectivity index (χ1n) is 24.2. The molecular weight excluding hydrogens is 1040 g/mol. The van der Waals surface area contributed by atoms with E-state index >= 15 is 0 Å². The molecule has 10 heteroatoms. The van der Waals surface area contributed by atoms with E-state index in [1.165, 1.54) is 53.6 Å². The summed E-state index contributed by atoms with van der Waals surface area (Å²) in [5.41, 5.74) is 6.59. The summed E-state index contributed by atoms with van der Waals surface area (Å²) in [5, 5.41) is 30.5. The van der Waals surface area contributed by atoms with Crippen molar-refractivity contribution in [3.05, 3.63) is 230 Å². The molecule has 0 spiro atoms. The van der Waals surface area contributed by atoms with Crippen LogP contribution in [0.3, 0.4) is 0 Å². The van der Waals surface area contributed by atoms with Gasteiger partial charge in [-0.15, -0.1) is 0 Å². The van der Waals surface area contributed by atoms with E-state index in [0.717, 1.165) is 24.2 Å². The first kappa shape index (κ1) is 58.3. The zero-order chi connectivity index (χ0) is 51.9. The standard InChI is InChI=1S/C39H32OP2.C14H16NP.2C5H10O2.Ru/c1-39(2)33-25-15-27-35(41(29-17-7-3-8-18-29)30-19-9-4-10-20-30)37(33)40-38-34(39)26-16-28-36(38)42(31-21-11-5-12-22-31)32-23-13-6-14-24-32;15-11-12-16(13-7-3-1-4-8-13)14-9-5-2-6-10-14;2*1-5(2,3)4(6)7;/h3-28H,1-2H3;1-10H,11-12,15H2;2*1-3H3,(H,6,7);/q;;;;+2/p-2. The molecule has 0 bridgehead atoms. The molecule has 0 radical (unpaired) electrons. The molecule has 0 saturated heterocycles. The van der Waals surface area contributed by atoms with Crippen LogP contribution in [0.4, 0.5) is 0 Å². The molecular formula is C63H66NO5P3Ru. The van der Waals surface area contributed by atoms with Gasteiger partial charge in [-0.3, -0.25) is 0 Å². The van der Waals surface area contributed by atoms with Gasteiger partial charge >= 0.3 is 19.5 Å². The van der Waals surface area contributed by atoms with Gasteiger partial charge in [-0.25, -0.2) is 0 Å². The van der Waals surface area contributed by atoms with Gasteiger partial charge in [-0.1, -0.05) is 274 Å². The van der Waals surface area contributed by atoms with Gasteiger partial charge in [0.25, 0.3) is 0 Å². The summed E-state index contributed by atoms with van der Waals surface area (Å²) >= 11 is 0. The van der Waals surface area contributed by atoms with Crippen LogP contribution in [-0.2, 0) is 34.5 Å². The number of rotatable bonds is 10. The number of carbonyl (C=O) groups is 2. The van der Waals surface area contributed by atoms with Gasteiger partial charge in [0, 0.05) is 49.9 Å². The van der Waals surface area contributed by atoms with Crippen LogP contribution in [0.2, 0.25) is 0 Å². The smallest absolute Gasteiger partial charge is 0.550 e. The Kier molecular flexibility index (Phi) is 21.6. The van der Waals surface area contributed by atoms with Crippen LogP contribution in [0.25, 0.3) is 0 Å². The van der Waals surface area contributed by atoms with Crippen LogP contribution in [0.1, 0.15) is 66.5 Å². The summed E-state index contributed by atoms with van der Waals surface area (Å²) in [7, 11) is -1.92. The predicted molar refractivity (Wildman–Crippen MR) is 304 cm³/mol. The van der Waals surface area contributed by atoms with Gasteiger partial charge in [0.15, 0.2) is 0 Å². The van der Waals surface area contributed by atoms with Gasteiger partial charge in [0.1, 0.15) is 11.5 Å². The van der Waals surface area contributed by atoms with Crippen molar-refractivity contribution in [2.75, 3.05) is 12.7 Å². The first-order chi connectivity index (χ1) is 34.4. The van der Waals surface area contributed by atoms with Crippen molar-refractivity contribution in [1.82, 2.24) is 0 Å². The minimum Gasteiger partial charge on any atom is -0.550 e. The largest absolute Gasteiger partial charge is 2.00 e. The second-order valence-electron chi connectivity index (χ2n) is 19.7. The Hall–Kier alpha value is -5.63. The fourth-order valence-electron chi connectivity index (χ4n) is 7.76. The molecule has 1 heterocycles. The third kappa shape index (κ3) is 15.5. The Morgan fingerprint density at radius 3 is 0.918 bits per heavy atom. The molecule has 0 fully saturated rings. The molecule has 0 unspecified atom stereocenters. The molecule has 1 aliphatic heterocycles. The molecule has 8 aromatic rings. The Bertz CT molecular complexity index is 2670. The molecule has 0 atom stereocenters. The molecule has 8 aromatic carbocycles. The summed E-state index contributed by atoms with van der Waals surface area (Å²) in [5.74, 6) is 0.00896. The number of carboxylic acid groups (broad SMARTS) is 2. The van der Waals surface area contributed by atoms with E-state index in [9.17, 15) is 19.8 Å². The molecule has 0 amide bonds. The van der Waals surface area contributed by atoms with Crippen molar-refractivity contribution >= 4 is 78.1 Å². The fraction of sp³-hybridized carbons (Fsp3) is 0.206. The zero-order valence-corrected chi connectivity index (χ0v) is 47.4. The van der Waals surface area contributed by atoms with Crippen LogP contribution in [0, 0.1) is 10.8 Å². The zero-order valence-electron chi connectivity index (χ0n) is 43.0. The van der Waals surface area contributed by atoms with Crippen molar-refractivity contribution in [3.63, 3.8) is 0 Å². The maximum atomic E-state index is 9.91. The average Bonchev–Trinajstić information content (AvgIpc) is 3.38. The second-order valence-corrected chi connectivity index (χ2v) is 26.4. The van der Waals surface area contributed by atoms with E-state index < -0.39 is 38.6 Å². The minimum atomic E-state index is -1.01. The number of para-hydroxylation sites is 2. The number of aliphatic carboxylic acids is 2. The molecule has 0 saturated carbocycles. The van der Waals surface area contributed by atoms with E-state index in [2.05, 4.69) is 232 Å². The first-order valence-corrected chi connectivity index (χ1v) is 28.4. The van der Waals surface area contributed by atoms with Crippen molar-refractivity contribution in [2.24, 2.45) is 16.6 Å². The number of carbonyl (C=O) groups excluding carboxylic acids is 2. The molecule has 0 aromatic heterocycles. The number of ether oxygens (including phenoxy) is 1. The molecule has 73 heavy (non-hydrogen) atoms. The third-order valence-electron chi connectivity index (χ3n) is 11.8. The number of carboxylic acids is 2. The average molecular weight is 1110 g/mol. The Balaban J connectivity index is 0.000000260. The molecule has 1 aliphatic rings. The Morgan fingerprint density at radius 1 is 0.438 bits per heavy atom.